The van der Waals surface area contributed by atoms with Crippen molar-refractivity contribution in [2.24, 2.45) is 7.05 Å². The van der Waals surface area contributed by atoms with Crippen LogP contribution in [-0.2, 0) is 13.5 Å². The van der Waals surface area contributed by atoms with Crippen LogP contribution in [0.25, 0.3) is 33.1 Å². The molecule has 3 aromatic heterocycles. The van der Waals surface area contributed by atoms with Gasteiger partial charge >= 0.3 is 0 Å². The molecule has 0 aliphatic rings. The molecule has 0 radical (unpaired) electrons. The molecule has 0 amide bonds. The topological polar surface area (TPSA) is 39.9 Å². The lowest BCUT2D eigenvalue weighted by Gasteiger charge is -2.10. The van der Waals surface area contributed by atoms with Crippen LogP contribution in [-0.4, -0.2) is 21.1 Å². The molecular formula is C25H20ClN3O. The van der Waals surface area contributed by atoms with Gasteiger partial charge in [-0.2, -0.15) is 0 Å². The number of aromatic nitrogens is 3. The average molecular weight is 414 g/mol. The normalized spacial score (nSPS) is 11.3. The van der Waals surface area contributed by atoms with Crippen LogP contribution in [0, 0.1) is 0 Å². The van der Waals surface area contributed by atoms with Gasteiger partial charge in [0.25, 0.3) is 0 Å². The zero-order chi connectivity index (χ0) is 20.5. The third-order valence-electron chi connectivity index (χ3n) is 5.35. The Bertz CT molecular complexity index is 1340. The molecule has 0 saturated carbocycles. The molecule has 30 heavy (non-hydrogen) atoms. The van der Waals surface area contributed by atoms with Gasteiger partial charge in [-0.25, -0.2) is 9.97 Å². The monoisotopic (exact) mass is 413 g/mol. The van der Waals surface area contributed by atoms with Crippen molar-refractivity contribution < 1.29 is 4.74 Å². The van der Waals surface area contributed by atoms with E-state index < -0.39 is 0 Å². The fourth-order valence-electron chi connectivity index (χ4n) is 3.83. The van der Waals surface area contributed by atoms with Crippen LogP contribution in [0.15, 0.2) is 79.1 Å². The van der Waals surface area contributed by atoms with E-state index in [9.17, 15) is 0 Å². The number of fused-ring (bicyclic) bond motifs is 3. The highest BCUT2D eigenvalue weighted by molar-refractivity contribution is 6.30. The molecule has 0 fully saturated rings. The Balaban J connectivity index is 1.37. The first-order chi connectivity index (χ1) is 14.7. The van der Waals surface area contributed by atoms with Gasteiger partial charge in [0.2, 0.25) is 5.88 Å². The Morgan fingerprint density at radius 2 is 1.77 bits per heavy atom. The number of hydrogen-bond donors (Lipinski definition) is 0. The molecule has 148 valence electrons. The Morgan fingerprint density at radius 1 is 0.933 bits per heavy atom. The predicted molar refractivity (Wildman–Crippen MR) is 122 cm³/mol. The maximum absolute atomic E-state index is 6.05. The molecule has 2 aromatic carbocycles. The van der Waals surface area contributed by atoms with E-state index in [1.807, 2.05) is 42.6 Å². The van der Waals surface area contributed by atoms with Crippen molar-refractivity contribution in [1.82, 2.24) is 14.5 Å². The fourth-order valence-corrected chi connectivity index (χ4v) is 3.96. The summed E-state index contributed by atoms with van der Waals surface area (Å²) in [5, 5.41) is 3.10. The van der Waals surface area contributed by atoms with Gasteiger partial charge in [0.05, 0.1) is 12.1 Å². The van der Waals surface area contributed by atoms with Crippen molar-refractivity contribution in [3.63, 3.8) is 0 Å². The van der Waals surface area contributed by atoms with E-state index in [1.54, 1.807) is 6.20 Å². The van der Waals surface area contributed by atoms with Crippen LogP contribution in [0.5, 0.6) is 5.88 Å². The molecule has 0 atom stereocenters. The quantitative estimate of drug-likeness (QED) is 0.351. The summed E-state index contributed by atoms with van der Waals surface area (Å²) in [6, 6.07) is 22.2. The van der Waals surface area contributed by atoms with E-state index in [1.165, 1.54) is 16.3 Å². The van der Waals surface area contributed by atoms with Crippen molar-refractivity contribution in [3.8, 4) is 17.0 Å². The number of nitrogens with zero attached hydrogens (tertiary/aromatic N) is 3. The van der Waals surface area contributed by atoms with E-state index in [0.717, 1.165) is 28.8 Å². The number of rotatable bonds is 5. The molecule has 5 heteroatoms. The van der Waals surface area contributed by atoms with Crippen LogP contribution >= 0.6 is 11.6 Å². The highest BCUT2D eigenvalue weighted by Gasteiger charge is 2.11. The van der Waals surface area contributed by atoms with Crippen LogP contribution in [0.2, 0.25) is 5.02 Å². The third kappa shape index (κ3) is 3.40. The zero-order valence-electron chi connectivity index (χ0n) is 16.5. The molecule has 0 spiro atoms. The summed E-state index contributed by atoms with van der Waals surface area (Å²) >= 11 is 6.02. The lowest BCUT2D eigenvalue weighted by Crippen LogP contribution is -2.04. The summed E-state index contributed by atoms with van der Waals surface area (Å²) in [6.45, 7) is 0.523. The van der Waals surface area contributed by atoms with E-state index in [4.69, 9.17) is 21.3 Å². The van der Waals surface area contributed by atoms with Crippen LogP contribution in [0.3, 0.4) is 0 Å². The smallest absolute Gasteiger partial charge is 0.221 e. The Labute approximate surface area is 179 Å². The number of pyridine rings is 2. The standard InChI is InChI=1S/C25H20ClN3O/c1-29-23-7-3-2-5-21(23)22-15-17(16-28-24(22)29)12-14-30-25-20(6-4-13-27-25)18-8-10-19(26)11-9-18/h2-11,13,15-16H,12,14H2,1H3. The third-order valence-corrected chi connectivity index (χ3v) is 5.60. The molecule has 5 aromatic rings. The minimum Gasteiger partial charge on any atom is -0.477 e. The molecule has 3 heterocycles. The summed E-state index contributed by atoms with van der Waals surface area (Å²) in [4.78, 5) is 9.12. The molecule has 0 N–H and O–H groups in total. The minimum atomic E-state index is 0.523. The molecule has 4 nitrogen and oxygen atoms in total. The van der Waals surface area contributed by atoms with Crippen molar-refractivity contribution in [2.45, 2.75) is 6.42 Å². The summed E-state index contributed by atoms with van der Waals surface area (Å²) in [5.41, 5.74) is 5.31. The predicted octanol–water partition coefficient (Wildman–Crippen LogP) is 6.06. The van der Waals surface area contributed by atoms with E-state index >= 15 is 0 Å². The highest BCUT2D eigenvalue weighted by atomic mass is 35.5. The number of hydrogen-bond acceptors (Lipinski definition) is 3. The minimum absolute atomic E-state index is 0.523. The number of halogens is 1. The maximum Gasteiger partial charge on any atom is 0.221 e. The van der Waals surface area contributed by atoms with E-state index in [2.05, 4.69) is 46.9 Å². The van der Waals surface area contributed by atoms with Crippen LogP contribution < -0.4 is 4.74 Å². The first-order valence-electron chi connectivity index (χ1n) is 9.86. The van der Waals surface area contributed by atoms with Gasteiger partial charge in [0.1, 0.15) is 5.65 Å². The average Bonchev–Trinajstić information content (AvgIpc) is 3.07. The summed E-state index contributed by atoms with van der Waals surface area (Å²) in [7, 11) is 2.06. The molecule has 0 aliphatic carbocycles. The van der Waals surface area contributed by atoms with E-state index in [0.29, 0.717) is 17.5 Å². The van der Waals surface area contributed by atoms with Crippen LogP contribution in [0.4, 0.5) is 0 Å². The van der Waals surface area contributed by atoms with Gasteiger partial charge in [-0.3, -0.25) is 0 Å². The second-order valence-corrected chi connectivity index (χ2v) is 7.69. The van der Waals surface area contributed by atoms with Gasteiger partial charge in [-0.1, -0.05) is 41.9 Å². The van der Waals surface area contributed by atoms with Gasteiger partial charge in [0.15, 0.2) is 0 Å². The van der Waals surface area contributed by atoms with Crippen molar-refractivity contribution >= 4 is 33.5 Å². The van der Waals surface area contributed by atoms with Crippen molar-refractivity contribution in [3.05, 3.63) is 89.7 Å². The Hall–Kier alpha value is -3.37. The second kappa shape index (κ2) is 7.81. The van der Waals surface area contributed by atoms with Gasteiger partial charge < -0.3 is 9.30 Å². The Kier molecular flexibility index (Phi) is 4.85. The molecular weight excluding hydrogens is 394 g/mol. The number of para-hydroxylation sites is 1. The SMILES string of the molecule is Cn1c2ccccc2c2cc(CCOc3ncccc3-c3ccc(Cl)cc3)cnc21. The number of aryl methyl sites for hydroxylation is 1. The molecule has 0 aliphatic heterocycles. The molecule has 5 rings (SSSR count). The molecule has 0 bridgehead atoms. The summed E-state index contributed by atoms with van der Waals surface area (Å²) < 4.78 is 8.19. The molecule has 0 saturated heterocycles. The largest absolute Gasteiger partial charge is 0.477 e. The summed E-state index contributed by atoms with van der Waals surface area (Å²) in [5.74, 6) is 0.624. The van der Waals surface area contributed by atoms with E-state index in [-0.39, 0.29) is 0 Å². The lowest BCUT2D eigenvalue weighted by atomic mass is 10.1. The highest BCUT2D eigenvalue weighted by Crippen LogP contribution is 2.29. The van der Waals surface area contributed by atoms with Gasteiger partial charge in [-0.05, 0) is 47.5 Å². The first-order valence-corrected chi connectivity index (χ1v) is 10.2. The van der Waals surface area contributed by atoms with Crippen LogP contribution in [0.1, 0.15) is 5.56 Å². The Morgan fingerprint density at radius 3 is 2.63 bits per heavy atom. The maximum atomic E-state index is 6.05. The first kappa shape index (κ1) is 18.6. The van der Waals surface area contributed by atoms with Crippen molar-refractivity contribution in [1.29, 1.82) is 0 Å². The van der Waals surface area contributed by atoms with Gasteiger partial charge in [0, 0.05) is 47.2 Å². The fraction of sp³-hybridized carbons (Fsp3) is 0.120. The molecule has 0 unspecified atom stereocenters. The number of benzene rings is 2. The lowest BCUT2D eigenvalue weighted by molar-refractivity contribution is 0.311. The zero-order valence-corrected chi connectivity index (χ0v) is 17.3. The van der Waals surface area contributed by atoms with Gasteiger partial charge in [-0.15, -0.1) is 0 Å². The second-order valence-electron chi connectivity index (χ2n) is 7.25. The number of ether oxygens (including phenoxy) is 1. The summed E-state index contributed by atoms with van der Waals surface area (Å²) in [6.07, 6.45) is 4.43. The van der Waals surface area contributed by atoms with Crippen molar-refractivity contribution in [2.75, 3.05) is 6.61 Å².